The lowest BCUT2D eigenvalue weighted by atomic mass is 9.88. The van der Waals surface area contributed by atoms with Crippen molar-refractivity contribution >= 4 is 0 Å². The maximum Gasteiger partial charge on any atom is -0.0274 e. The summed E-state index contributed by atoms with van der Waals surface area (Å²) in [6.07, 6.45) is 6.80. The number of rotatable bonds is 2. The summed E-state index contributed by atoms with van der Waals surface area (Å²) in [5.74, 6) is 0. The summed E-state index contributed by atoms with van der Waals surface area (Å²) in [4.78, 5) is 0. The Balaban J connectivity index is 0. The Morgan fingerprint density at radius 3 is 0.944 bits per heavy atom. The van der Waals surface area contributed by atoms with Gasteiger partial charge in [-0.15, -0.1) is 0 Å². The predicted octanol–water partition coefficient (Wildman–Crippen LogP) is 6.78. The molecule has 0 aliphatic carbocycles. The molecule has 0 heterocycles. The van der Waals surface area contributed by atoms with Crippen LogP contribution in [0.3, 0.4) is 0 Å². The molecule has 0 aromatic heterocycles. The molecule has 0 fully saturated rings. The predicted molar refractivity (Wildman–Crippen MR) is 87.0 cm³/mol. The second-order valence-corrected chi connectivity index (χ2v) is 7.74. The van der Waals surface area contributed by atoms with E-state index in [9.17, 15) is 0 Å². The van der Waals surface area contributed by atoms with Gasteiger partial charge < -0.3 is 0 Å². The molecule has 0 aliphatic rings. The first-order chi connectivity index (χ1) is 7.91. The lowest BCUT2D eigenvalue weighted by Gasteiger charge is -2.17. The van der Waals surface area contributed by atoms with Gasteiger partial charge in [0.15, 0.2) is 0 Å². The molecule has 0 amide bonds. The van der Waals surface area contributed by atoms with Crippen molar-refractivity contribution in [2.24, 2.45) is 10.8 Å². The third-order valence-electron chi connectivity index (χ3n) is 2.60. The van der Waals surface area contributed by atoms with Crippen molar-refractivity contribution in [3.05, 3.63) is 23.3 Å². The van der Waals surface area contributed by atoms with E-state index in [2.05, 4.69) is 81.4 Å². The highest BCUT2D eigenvalue weighted by atomic mass is 14.2. The average molecular weight is 252 g/mol. The van der Waals surface area contributed by atoms with Crippen LogP contribution in [0.25, 0.3) is 0 Å². The maximum absolute atomic E-state index is 2.26. The quantitative estimate of drug-likeness (QED) is 0.475. The summed E-state index contributed by atoms with van der Waals surface area (Å²) in [6, 6.07) is 0. The second kappa shape index (κ2) is 8.56. The largest absolute Gasteiger partial charge is 0.0887 e. The molecule has 18 heavy (non-hydrogen) atoms. The van der Waals surface area contributed by atoms with Crippen LogP contribution in [0, 0.1) is 10.8 Å². The smallest absolute Gasteiger partial charge is 0.0274 e. The summed E-state index contributed by atoms with van der Waals surface area (Å²) >= 11 is 0. The fourth-order valence-corrected chi connectivity index (χ4v) is 1.88. The third-order valence-corrected chi connectivity index (χ3v) is 2.60. The third kappa shape index (κ3) is 17.9. The zero-order valence-electron chi connectivity index (χ0n) is 14.6. The molecule has 0 aromatic carbocycles. The maximum atomic E-state index is 2.26. The van der Waals surface area contributed by atoms with Crippen LogP contribution in [0.5, 0.6) is 0 Å². The van der Waals surface area contributed by atoms with Crippen LogP contribution in [-0.4, -0.2) is 0 Å². The van der Waals surface area contributed by atoms with E-state index in [-0.39, 0.29) is 0 Å². The van der Waals surface area contributed by atoms with Gasteiger partial charge in [0.25, 0.3) is 0 Å². The number of hydrogen-bond acceptors (Lipinski definition) is 0. The van der Waals surface area contributed by atoms with Crippen molar-refractivity contribution in [1.29, 1.82) is 0 Å². The van der Waals surface area contributed by atoms with Crippen molar-refractivity contribution in [2.45, 2.75) is 82.1 Å². The van der Waals surface area contributed by atoms with E-state index in [4.69, 9.17) is 0 Å². The molecule has 0 saturated carbocycles. The van der Waals surface area contributed by atoms with Crippen molar-refractivity contribution in [2.75, 3.05) is 0 Å². The molecule has 0 heteroatoms. The van der Waals surface area contributed by atoms with E-state index in [1.54, 1.807) is 0 Å². The van der Waals surface area contributed by atoms with Crippen LogP contribution in [0.4, 0.5) is 0 Å². The molecule has 0 N–H and O–H groups in total. The Morgan fingerprint density at radius 1 is 0.667 bits per heavy atom. The van der Waals surface area contributed by atoms with E-state index in [0.29, 0.717) is 10.8 Å². The molecular formula is C18H36. The summed E-state index contributed by atoms with van der Waals surface area (Å²) in [7, 11) is 0. The lowest BCUT2D eigenvalue weighted by Crippen LogP contribution is -2.04. The second-order valence-electron chi connectivity index (χ2n) is 7.74. The SMILES string of the molecule is C/C=C(/C)CC(C)(C)C.C/C=C(\C)CC(C)(C)C. The van der Waals surface area contributed by atoms with Crippen molar-refractivity contribution in [3.8, 4) is 0 Å². The Bertz CT molecular complexity index is 233. The molecule has 0 aromatic rings. The van der Waals surface area contributed by atoms with Gasteiger partial charge in [-0.3, -0.25) is 0 Å². The van der Waals surface area contributed by atoms with Gasteiger partial charge in [0.2, 0.25) is 0 Å². The molecule has 0 radical (unpaired) electrons. The first kappa shape index (κ1) is 19.8. The van der Waals surface area contributed by atoms with Crippen molar-refractivity contribution in [1.82, 2.24) is 0 Å². The fourth-order valence-electron chi connectivity index (χ4n) is 1.88. The summed E-state index contributed by atoms with van der Waals surface area (Å²) in [6.45, 7) is 22.2. The van der Waals surface area contributed by atoms with Crippen molar-refractivity contribution < 1.29 is 0 Å². The molecule has 0 atom stereocenters. The van der Waals surface area contributed by atoms with Gasteiger partial charge in [0, 0.05) is 0 Å². The van der Waals surface area contributed by atoms with Gasteiger partial charge in [-0.1, -0.05) is 64.8 Å². The van der Waals surface area contributed by atoms with Crippen LogP contribution in [0.15, 0.2) is 23.3 Å². The van der Waals surface area contributed by atoms with Crippen molar-refractivity contribution in [3.63, 3.8) is 0 Å². The Morgan fingerprint density at radius 2 is 0.889 bits per heavy atom. The van der Waals surface area contributed by atoms with Gasteiger partial charge in [-0.25, -0.2) is 0 Å². The van der Waals surface area contributed by atoms with Gasteiger partial charge in [-0.2, -0.15) is 0 Å². The number of hydrogen-bond donors (Lipinski definition) is 0. The van der Waals surface area contributed by atoms with Crippen LogP contribution >= 0.6 is 0 Å². The first-order valence-corrected chi connectivity index (χ1v) is 7.15. The van der Waals surface area contributed by atoms with E-state index in [1.807, 2.05) is 0 Å². The van der Waals surface area contributed by atoms with E-state index in [0.717, 1.165) is 0 Å². The van der Waals surface area contributed by atoms with E-state index < -0.39 is 0 Å². The average Bonchev–Trinajstić information content (AvgIpc) is 2.13. The molecule has 0 saturated heterocycles. The van der Waals surface area contributed by atoms with Crippen LogP contribution in [0.2, 0.25) is 0 Å². The van der Waals surface area contributed by atoms with Crippen LogP contribution in [-0.2, 0) is 0 Å². The highest BCUT2D eigenvalue weighted by molar-refractivity contribution is 4.98. The van der Waals surface area contributed by atoms with Gasteiger partial charge in [0.05, 0.1) is 0 Å². The summed E-state index contributed by atoms with van der Waals surface area (Å²) in [5, 5.41) is 0. The standard InChI is InChI=1S/2C9H18/c2*1-6-8(2)7-9(3,4)5/h2*6H,7H2,1-5H3/b8-6+;8-6-. The van der Waals surface area contributed by atoms with Crippen LogP contribution in [0.1, 0.15) is 82.1 Å². The minimum atomic E-state index is 0.455. The summed E-state index contributed by atoms with van der Waals surface area (Å²) in [5.41, 5.74) is 3.89. The Labute approximate surface area is 117 Å². The molecule has 0 bridgehead atoms. The zero-order valence-corrected chi connectivity index (χ0v) is 14.6. The van der Waals surface area contributed by atoms with Gasteiger partial charge in [-0.05, 0) is 51.4 Å². The molecule has 0 aliphatic heterocycles. The van der Waals surface area contributed by atoms with Gasteiger partial charge in [0.1, 0.15) is 0 Å². The Hall–Kier alpha value is -0.520. The van der Waals surface area contributed by atoms with E-state index in [1.165, 1.54) is 24.0 Å². The summed E-state index contributed by atoms with van der Waals surface area (Å²) < 4.78 is 0. The topological polar surface area (TPSA) is 0 Å². The minimum absolute atomic E-state index is 0.455. The first-order valence-electron chi connectivity index (χ1n) is 7.15. The monoisotopic (exact) mass is 252 g/mol. The Kier molecular flexibility index (Phi) is 9.42. The molecular weight excluding hydrogens is 216 g/mol. The molecule has 0 spiro atoms. The lowest BCUT2D eigenvalue weighted by molar-refractivity contribution is 0.409. The zero-order chi connectivity index (χ0) is 15.0. The molecule has 108 valence electrons. The minimum Gasteiger partial charge on any atom is -0.0887 e. The highest BCUT2D eigenvalue weighted by Gasteiger charge is 2.09. The van der Waals surface area contributed by atoms with Gasteiger partial charge >= 0.3 is 0 Å². The molecule has 0 nitrogen and oxygen atoms in total. The highest BCUT2D eigenvalue weighted by Crippen LogP contribution is 2.23. The molecule has 0 rings (SSSR count). The van der Waals surface area contributed by atoms with Crippen LogP contribution < -0.4 is 0 Å². The number of allylic oxidation sites excluding steroid dienone is 4. The normalized spacial score (nSPS) is 14.1. The molecule has 0 unspecified atom stereocenters. The fraction of sp³-hybridized carbons (Fsp3) is 0.778. The van der Waals surface area contributed by atoms with E-state index >= 15 is 0 Å².